The van der Waals surface area contributed by atoms with E-state index in [0.29, 0.717) is 11.5 Å². The lowest BCUT2D eigenvalue weighted by Gasteiger charge is -2.41. The Labute approximate surface area is 151 Å². The Morgan fingerprint density at radius 2 is 1.80 bits per heavy atom. The predicted molar refractivity (Wildman–Crippen MR) is 102 cm³/mol. The summed E-state index contributed by atoms with van der Waals surface area (Å²) in [5.41, 5.74) is 8.29. The molecule has 1 aromatic heterocycles. The van der Waals surface area contributed by atoms with Gasteiger partial charge in [0, 0.05) is 25.7 Å². The van der Waals surface area contributed by atoms with Crippen LogP contribution >= 0.6 is 0 Å². The molecule has 4 rings (SSSR count). The number of anilines is 2. The van der Waals surface area contributed by atoms with Crippen LogP contribution in [0.2, 0.25) is 0 Å². The van der Waals surface area contributed by atoms with E-state index in [4.69, 9.17) is 5.73 Å². The molecule has 2 saturated heterocycles. The van der Waals surface area contributed by atoms with E-state index >= 15 is 0 Å². The van der Waals surface area contributed by atoms with Gasteiger partial charge in [0.25, 0.3) is 0 Å². The number of pyridine rings is 1. The van der Waals surface area contributed by atoms with Crippen LogP contribution in [-0.2, 0) is 0 Å². The highest BCUT2D eigenvalue weighted by atomic mass is 16.3. The van der Waals surface area contributed by atoms with Gasteiger partial charge in [-0.2, -0.15) is 0 Å². The molecule has 0 unspecified atom stereocenters. The van der Waals surface area contributed by atoms with Gasteiger partial charge in [-0.3, -0.25) is 4.90 Å². The zero-order chi connectivity index (χ0) is 17.4. The van der Waals surface area contributed by atoms with Crippen molar-refractivity contribution in [1.29, 1.82) is 0 Å². The lowest BCUT2D eigenvalue weighted by molar-refractivity contribution is 0.0762. The van der Waals surface area contributed by atoms with E-state index in [1.54, 1.807) is 6.20 Å². The zero-order valence-corrected chi connectivity index (χ0v) is 15.5. The summed E-state index contributed by atoms with van der Waals surface area (Å²) in [6.45, 7) is 6.83. The highest BCUT2D eigenvalue weighted by Gasteiger charge is 2.43. The minimum atomic E-state index is -0.0494. The first kappa shape index (κ1) is 17.1. The molecule has 3 N–H and O–H groups in total. The number of aryl methyl sites for hydroxylation is 1. The Balaban J connectivity index is 1.35. The molecule has 0 aromatic carbocycles. The summed E-state index contributed by atoms with van der Waals surface area (Å²) < 4.78 is 0. The van der Waals surface area contributed by atoms with Crippen molar-refractivity contribution in [2.75, 3.05) is 36.8 Å². The summed E-state index contributed by atoms with van der Waals surface area (Å²) in [4.78, 5) is 9.75. The van der Waals surface area contributed by atoms with Gasteiger partial charge in [-0.1, -0.05) is 0 Å². The van der Waals surface area contributed by atoms with Gasteiger partial charge in [0.1, 0.15) is 5.82 Å². The number of rotatable bonds is 2. The van der Waals surface area contributed by atoms with Gasteiger partial charge >= 0.3 is 0 Å². The van der Waals surface area contributed by atoms with Crippen LogP contribution in [0.1, 0.15) is 50.5 Å². The maximum absolute atomic E-state index is 9.75. The Kier molecular flexibility index (Phi) is 4.63. The molecule has 0 amide bonds. The van der Waals surface area contributed by atoms with E-state index in [2.05, 4.69) is 21.7 Å². The Hall–Kier alpha value is -1.33. The summed E-state index contributed by atoms with van der Waals surface area (Å²) in [6, 6.07) is 2.74. The molecule has 25 heavy (non-hydrogen) atoms. The molecule has 1 spiro atoms. The molecular formula is C20H32N4O. The Morgan fingerprint density at radius 3 is 2.48 bits per heavy atom. The zero-order valence-electron chi connectivity index (χ0n) is 15.5. The number of piperidine rings is 1. The number of likely N-dealkylation sites (tertiary alicyclic amines) is 1. The van der Waals surface area contributed by atoms with E-state index in [9.17, 15) is 5.11 Å². The van der Waals surface area contributed by atoms with E-state index in [-0.39, 0.29) is 6.10 Å². The third-order valence-electron chi connectivity index (χ3n) is 6.85. The normalized spacial score (nSPS) is 30.1. The van der Waals surface area contributed by atoms with Crippen molar-refractivity contribution in [2.45, 2.75) is 64.0 Å². The average Bonchev–Trinajstić information content (AvgIpc) is 3.01. The van der Waals surface area contributed by atoms with Crippen molar-refractivity contribution in [3.63, 3.8) is 0 Å². The van der Waals surface area contributed by atoms with Crippen molar-refractivity contribution < 1.29 is 5.11 Å². The monoisotopic (exact) mass is 344 g/mol. The Morgan fingerprint density at radius 1 is 1.12 bits per heavy atom. The van der Waals surface area contributed by atoms with Gasteiger partial charge in [0.2, 0.25) is 0 Å². The molecule has 0 bridgehead atoms. The Bertz CT molecular complexity index is 604. The van der Waals surface area contributed by atoms with Gasteiger partial charge in [-0.15, -0.1) is 0 Å². The molecular weight excluding hydrogens is 312 g/mol. The first-order valence-electron chi connectivity index (χ1n) is 9.94. The predicted octanol–water partition coefficient (Wildman–Crippen LogP) is 2.57. The molecule has 0 atom stereocenters. The maximum Gasteiger partial charge on any atom is 0.131 e. The summed E-state index contributed by atoms with van der Waals surface area (Å²) in [5.74, 6) is 1.11. The molecule has 5 heteroatoms. The van der Waals surface area contributed by atoms with E-state index in [1.165, 1.54) is 50.8 Å². The van der Waals surface area contributed by atoms with Crippen LogP contribution in [0, 0.1) is 12.3 Å². The molecule has 1 aliphatic carbocycles. The van der Waals surface area contributed by atoms with E-state index < -0.39 is 0 Å². The number of hydrogen-bond acceptors (Lipinski definition) is 5. The molecule has 3 aliphatic rings. The first-order valence-corrected chi connectivity index (χ1v) is 9.94. The number of hydrogen-bond donors (Lipinski definition) is 2. The first-order chi connectivity index (χ1) is 12.0. The summed E-state index contributed by atoms with van der Waals surface area (Å²) in [5, 5.41) is 9.75. The van der Waals surface area contributed by atoms with Gasteiger partial charge in [-0.25, -0.2) is 4.98 Å². The second-order valence-corrected chi connectivity index (χ2v) is 8.58. The number of aliphatic hydroxyl groups is 1. The summed E-state index contributed by atoms with van der Waals surface area (Å²) >= 11 is 0. The van der Waals surface area contributed by atoms with E-state index in [1.807, 2.05) is 6.07 Å². The molecule has 0 radical (unpaired) electrons. The van der Waals surface area contributed by atoms with Crippen LogP contribution in [0.5, 0.6) is 0 Å². The minimum absolute atomic E-state index is 0.0494. The van der Waals surface area contributed by atoms with Crippen LogP contribution in [0.3, 0.4) is 0 Å². The fourth-order valence-electron chi connectivity index (χ4n) is 5.23. The number of nitrogens with zero attached hydrogens (tertiary/aromatic N) is 3. The topological polar surface area (TPSA) is 65.6 Å². The molecule has 3 heterocycles. The second kappa shape index (κ2) is 6.76. The van der Waals surface area contributed by atoms with Crippen LogP contribution in [0.4, 0.5) is 11.5 Å². The van der Waals surface area contributed by atoms with Crippen LogP contribution in [-0.4, -0.2) is 53.3 Å². The van der Waals surface area contributed by atoms with Crippen molar-refractivity contribution >= 4 is 11.5 Å². The van der Waals surface area contributed by atoms with Gasteiger partial charge in [0.05, 0.1) is 18.0 Å². The fraction of sp³-hybridized carbons (Fsp3) is 0.750. The van der Waals surface area contributed by atoms with Crippen molar-refractivity contribution in [2.24, 2.45) is 5.41 Å². The number of nitrogen functional groups attached to an aromatic ring is 1. The minimum Gasteiger partial charge on any atom is -0.397 e. The molecule has 3 fully saturated rings. The van der Waals surface area contributed by atoms with Crippen LogP contribution < -0.4 is 10.6 Å². The van der Waals surface area contributed by atoms with Crippen LogP contribution in [0.25, 0.3) is 0 Å². The SMILES string of the molecule is Cc1cc(N)cnc1N1CCC2(CC1)CCN([C@H]1CC[C@@H](O)CC1)C2. The van der Waals surface area contributed by atoms with E-state index in [0.717, 1.165) is 37.4 Å². The van der Waals surface area contributed by atoms with Crippen molar-refractivity contribution in [3.05, 3.63) is 17.8 Å². The van der Waals surface area contributed by atoms with Gasteiger partial charge in [-0.05, 0) is 75.5 Å². The fourth-order valence-corrected chi connectivity index (χ4v) is 5.23. The molecule has 5 nitrogen and oxygen atoms in total. The molecule has 1 aromatic rings. The van der Waals surface area contributed by atoms with Gasteiger partial charge in [0.15, 0.2) is 0 Å². The molecule has 2 aliphatic heterocycles. The third kappa shape index (κ3) is 3.49. The summed E-state index contributed by atoms with van der Waals surface area (Å²) in [7, 11) is 0. The van der Waals surface area contributed by atoms with Crippen LogP contribution in [0.15, 0.2) is 12.3 Å². The average molecular weight is 345 g/mol. The largest absolute Gasteiger partial charge is 0.397 e. The maximum atomic E-state index is 9.75. The smallest absolute Gasteiger partial charge is 0.131 e. The lowest BCUT2D eigenvalue weighted by atomic mass is 9.77. The van der Waals surface area contributed by atoms with Gasteiger partial charge < -0.3 is 15.7 Å². The number of aromatic nitrogens is 1. The second-order valence-electron chi connectivity index (χ2n) is 8.58. The lowest BCUT2D eigenvalue weighted by Crippen LogP contribution is -2.44. The quantitative estimate of drug-likeness (QED) is 0.863. The molecule has 138 valence electrons. The van der Waals surface area contributed by atoms with Crippen molar-refractivity contribution in [1.82, 2.24) is 9.88 Å². The summed E-state index contributed by atoms with van der Waals surface area (Å²) in [6.07, 6.45) is 9.94. The number of aliphatic hydroxyl groups excluding tert-OH is 1. The molecule has 1 saturated carbocycles. The highest BCUT2D eigenvalue weighted by molar-refractivity contribution is 5.52. The third-order valence-corrected chi connectivity index (χ3v) is 6.85. The standard InChI is InChI=1S/C20H32N4O/c1-15-12-16(21)13-22-19(15)23-9-6-20(7-10-23)8-11-24(14-20)17-2-4-18(25)5-3-17/h12-13,17-18,25H,2-11,14,21H2,1H3/t17-,18+. The highest BCUT2D eigenvalue weighted by Crippen LogP contribution is 2.43. The number of nitrogens with two attached hydrogens (primary N) is 1. The van der Waals surface area contributed by atoms with Crippen molar-refractivity contribution in [3.8, 4) is 0 Å².